The van der Waals surface area contributed by atoms with E-state index in [-0.39, 0.29) is 17.5 Å². The molecule has 2 atom stereocenters. The van der Waals surface area contributed by atoms with Crippen molar-refractivity contribution in [2.45, 2.75) is 18.7 Å². The van der Waals surface area contributed by atoms with Gasteiger partial charge in [0, 0.05) is 34.7 Å². The summed E-state index contributed by atoms with van der Waals surface area (Å²) in [5, 5.41) is 18.4. The molecule has 0 unspecified atom stereocenters. The van der Waals surface area contributed by atoms with Crippen LogP contribution in [0.2, 0.25) is 10.0 Å². The van der Waals surface area contributed by atoms with Crippen LogP contribution in [0.3, 0.4) is 0 Å². The number of rotatable bonds is 3. The first-order valence-corrected chi connectivity index (χ1v) is 10.2. The van der Waals surface area contributed by atoms with E-state index in [0.717, 1.165) is 16.8 Å². The minimum Gasteiger partial charge on any atom is -0.463 e. The van der Waals surface area contributed by atoms with E-state index in [4.69, 9.17) is 33.0 Å². The Morgan fingerprint density at radius 2 is 1.81 bits per heavy atom. The van der Waals surface area contributed by atoms with Gasteiger partial charge >= 0.3 is 0 Å². The smallest absolute Gasteiger partial charge is 0.269 e. The van der Waals surface area contributed by atoms with Crippen LogP contribution in [-0.4, -0.2) is 15.6 Å². The molecule has 5 rings (SSSR count). The first-order chi connectivity index (χ1) is 14.9. The fourth-order valence-corrected chi connectivity index (χ4v) is 4.47. The van der Waals surface area contributed by atoms with Gasteiger partial charge in [0.2, 0.25) is 6.23 Å². The molecule has 0 saturated heterocycles. The Morgan fingerprint density at radius 1 is 1.10 bits per heavy atom. The summed E-state index contributed by atoms with van der Waals surface area (Å²) in [6.07, 6.45) is -0.0998. The number of hydrogen-bond acceptors (Lipinski definition) is 5. The topological polar surface area (TPSA) is 68.0 Å². The summed E-state index contributed by atoms with van der Waals surface area (Å²) in [5.74, 6) is 0.183. The molecule has 3 aromatic rings. The van der Waals surface area contributed by atoms with Crippen LogP contribution in [0.1, 0.15) is 35.4 Å². The van der Waals surface area contributed by atoms with Gasteiger partial charge in [-0.1, -0.05) is 35.3 Å². The van der Waals surface area contributed by atoms with E-state index in [1.807, 2.05) is 0 Å². The van der Waals surface area contributed by atoms with Gasteiger partial charge in [-0.25, -0.2) is 9.40 Å². The van der Waals surface area contributed by atoms with E-state index in [2.05, 4.69) is 0 Å². The van der Waals surface area contributed by atoms with Crippen molar-refractivity contribution in [2.24, 2.45) is 5.10 Å². The Kier molecular flexibility index (Phi) is 4.79. The third-order valence-electron chi connectivity index (χ3n) is 5.37. The Labute approximate surface area is 186 Å². The van der Waals surface area contributed by atoms with Crippen molar-refractivity contribution in [1.82, 2.24) is 5.01 Å². The number of benzene rings is 3. The van der Waals surface area contributed by atoms with Gasteiger partial charge in [-0.15, -0.1) is 0 Å². The summed E-state index contributed by atoms with van der Waals surface area (Å²) in [6.45, 7) is 0. The number of hydrogen-bond donors (Lipinski definition) is 0. The monoisotopic (exact) mass is 457 g/mol. The van der Waals surface area contributed by atoms with Crippen molar-refractivity contribution in [3.63, 3.8) is 0 Å². The van der Waals surface area contributed by atoms with Gasteiger partial charge in [-0.05, 0) is 42.0 Å². The van der Waals surface area contributed by atoms with Gasteiger partial charge in [-0.2, -0.15) is 5.10 Å². The zero-order chi connectivity index (χ0) is 21.7. The van der Waals surface area contributed by atoms with Crippen molar-refractivity contribution >= 4 is 34.6 Å². The van der Waals surface area contributed by atoms with Gasteiger partial charge in [0.1, 0.15) is 11.6 Å². The van der Waals surface area contributed by atoms with E-state index in [1.54, 1.807) is 41.4 Å². The second-order valence-corrected chi connectivity index (χ2v) is 8.12. The molecule has 0 amide bonds. The highest BCUT2D eigenvalue weighted by Crippen LogP contribution is 2.50. The molecule has 0 spiro atoms. The van der Waals surface area contributed by atoms with Gasteiger partial charge in [0.25, 0.3) is 5.69 Å². The molecule has 31 heavy (non-hydrogen) atoms. The first kappa shape index (κ1) is 19.8. The molecule has 0 aromatic heterocycles. The lowest BCUT2D eigenvalue weighted by Crippen LogP contribution is -2.33. The number of ether oxygens (including phenoxy) is 1. The third kappa shape index (κ3) is 3.49. The number of nitrogens with zero attached hydrogens (tertiary/aromatic N) is 3. The highest BCUT2D eigenvalue weighted by atomic mass is 35.5. The number of non-ortho nitro benzene ring substituents is 1. The number of nitro benzene ring substituents is 1. The first-order valence-electron chi connectivity index (χ1n) is 9.42. The zero-order valence-corrected chi connectivity index (χ0v) is 17.3. The molecule has 0 radical (unpaired) electrons. The van der Waals surface area contributed by atoms with Crippen molar-refractivity contribution in [3.05, 3.63) is 103 Å². The second-order valence-electron chi connectivity index (χ2n) is 7.28. The molecule has 0 aliphatic carbocycles. The predicted octanol–water partition coefficient (Wildman–Crippen LogP) is 6.28. The maximum atomic E-state index is 13.4. The van der Waals surface area contributed by atoms with Crippen LogP contribution in [0.4, 0.5) is 10.1 Å². The summed E-state index contributed by atoms with van der Waals surface area (Å²) >= 11 is 12.7. The molecular formula is C22H14Cl2FN3O3. The van der Waals surface area contributed by atoms with Crippen LogP contribution in [0.5, 0.6) is 5.75 Å². The molecule has 2 aliphatic heterocycles. The number of nitro groups is 1. The summed E-state index contributed by atoms with van der Waals surface area (Å²) in [5.41, 5.74) is 3.04. The quantitative estimate of drug-likeness (QED) is 0.342. The molecule has 0 saturated carbocycles. The number of halogens is 3. The molecule has 2 heterocycles. The standard InChI is InChI=1S/C22H14Cl2FN3O3/c23-14-9-17-20-11-19(12-1-5-15(25)6-2-12)26-27(20)22(31-21(17)18(24)10-14)13-3-7-16(8-4-13)28(29)30/h1-10,20,22H,11H2/t20-,22-/m1/s1. The summed E-state index contributed by atoms with van der Waals surface area (Å²) in [7, 11) is 0. The molecule has 2 aliphatic rings. The molecule has 3 aromatic carbocycles. The summed E-state index contributed by atoms with van der Waals surface area (Å²) in [4.78, 5) is 10.6. The molecule has 0 N–H and O–H groups in total. The Morgan fingerprint density at radius 3 is 2.48 bits per heavy atom. The maximum absolute atomic E-state index is 13.4. The summed E-state index contributed by atoms with van der Waals surface area (Å²) in [6, 6.07) is 15.5. The predicted molar refractivity (Wildman–Crippen MR) is 115 cm³/mol. The van der Waals surface area contributed by atoms with Crippen molar-refractivity contribution < 1.29 is 14.1 Å². The molecule has 9 heteroatoms. The van der Waals surface area contributed by atoms with Crippen molar-refractivity contribution in [3.8, 4) is 5.75 Å². The average molecular weight is 458 g/mol. The van der Waals surface area contributed by atoms with Crippen LogP contribution >= 0.6 is 23.2 Å². The van der Waals surface area contributed by atoms with Crippen LogP contribution in [-0.2, 0) is 0 Å². The number of hydrazone groups is 1. The molecule has 156 valence electrons. The fraction of sp³-hybridized carbons (Fsp3) is 0.136. The van der Waals surface area contributed by atoms with E-state index in [1.165, 1.54) is 24.3 Å². The van der Waals surface area contributed by atoms with E-state index < -0.39 is 11.2 Å². The Balaban J connectivity index is 1.60. The van der Waals surface area contributed by atoms with Crippen LogP contribution in [0.25, 0.3) is 0 Å². The van der Waals surface area contributed by atoms with Gasteiger partial charge in [0.15, 0.2) is 0 Å². The zero-order valence-electron chi connectivity index (χ0n) is 15.8. The van der Waals surface area contributed by atoms with Crippen LogP contribution < -0.4 is 4.74 Å². The van der Waals surface area contributed by atoms with Crippen LogP contribution in [0, 0.1) is 15.9 Å². The SMILES string of the molecule is O=[N+]([O-])c1ccc([C@H]2Oc3c(Cl)cc(Cl)cc3[C@H]3CC(c4ccc(F)cc4)=NN32)cc1. The summed E-state index contributed by atoms with van der Waals surface area (Å²) < 4.78 is 19.6. The van der Waals surface area contributed by atoms with Crippen LogP contribution in [0.15, 0.2) is 65.8 Å². The lowest BCUT2D eigenvalue weighted by Gasteiger charge is -2.38. The van der Waals surface area contributed by atoms with E-state index >= 15 is 0 Å². The highest BCUT2D eigenvalue weighted by Gasteiger charge is 2.42. The molecule has 0 bridgehead atoms. The average Bonchev–Trinajstić information content (AvgIpc) is 3.19. The van der Waals surface area contributed by atoms with E-state index in [9.17, 15) is 14.5 Å². The molecule has 0 fully saturated rings. The van der Waals surface area contributed by atoms with Crippen molar-refractivity contribution in [2.75, 3.05) is 0 Å². The van der Waals surface area contributed by atoms with Gasteiger partial charge < -0.3 is 4.74 Å². The van der Waals surface area contributed by atoms with Gasteiger partial charge in [0.05, 0.1) is 21.7 Å². The minimum atomic E-state index is -0.644. The fourth-order valence-electron chi connectivity index (χ4n) is 3.91. The second kappa shape index (κ2) is 7.51. The highest BCUT2D eigenvalue weighted by molar-refractivity contribution is 6.35. The normalized spacial score (nSPS) is 19.3. The largest absolute Gasteiger partial charge is 0.463 e. The maximum Gasteiger partial charge on any atom is 0.269 e. The number of fused-ring (bicyclic) bond motifs is 3. The van der Waals surface area contributed by atoms with Crippen molar-refractivity contribution in [1.29, 1.82) is 0 Å². The third-order valence-corrected chi connectivity index (χ3v) is 5.87. The Bertz CT molecular complexity index is 1220. The Hall–Kier alpha value is -3.16. The lowest BCUT2D eigenvalue weighted by molar-refractivity contribution is -0.384. The van der Waals surface area contributed by atoms with Gasteiger partial charge in [-0.3, -0.25) is 10.1 Å². The minimum absolute atomic E-state index is 0.0155. The lowest BCUT2D eigenvalue weighted by atomic mass is 9.96. The van der Waals surface area contributed by atoms with E-state index in [0.29, 0.717) is 27.8 Å². The molecular weight excluding hydrogens is 444 g/mol. The molecule has 6 nitrogen and oxygen atoms in total.